The minimum atomic E-state index is 0.573. The SMILES string of the molecule is NCc1cn(Cc2ccncc2)c2ccccc12. The van der Waals surface area contributed by atoms with E-state index in [4.69, 9.17) is 5.73 Å². The second-order valence-electron chi connectivity index (χ2n) is 4.36. The smallest absolute Gasteiger partial charge is 0.0486 e. The number of fused-ring (bicyclic) bond motifs is 1. The number of nitrogens with two attached hydrogens (primary N) is 1. The van der Waals surface area contributed by atoms with Crippen LogP contribution in [0.3, 0.4) is 0 Å². The molecule has 18 heavy (non-hydrogen) atoms. The van der Waals surface area contributed by atoms with E-state index in [0.29, 0.717) is 6.54 Å². The van der Waals surface area contributed by atoms with Crippen molar-refractivity contribution in [3.05, 3.63) is 66.1 Å². The van der Waals surface area contributed by atoms with Crippen molar-refractivity contribution in [2.75, 3.05) is 0 Å². The summed E-state index contributed by atoms with van der Waals surface area (Å²) in [5, 5.41) is 1.24. The van der Waals surface area contributed by atoms with Gasteiger partial charge in [0, 0.05) is 42.6 Å². The Labute approximate surface area is 106 Å². The lowest BCUT2D eigenvalue weighted by Crippen LogP contribution is -1.98. The zero-order valence-electron chi connectivity index (χ0n) is 10.1. The number of hydrogen-bond donors (Lipinski definition) is 1. The predicted octanol–water partition coefficient (Wildman–Crippen LogP) is 2.54. The summed E-state index contributed by atoms with van der Waals surface area (Å²) in [5.41, 5.74) is 9.47. The van der Waals surface area contributed by atoms with E-state index in [2.05, 4.69) is 40.0 Å². The molecule has 0 atom stereocenters. The van der Waals surface area contributed by atoms with E-state index in [-0.39, 0.29) is 0 Å². The van der Waals surface area contributed by atoms with Gasteiger partial charge >= 0.3 is 0 Å². The molecule has 2 heterocycles. The van der Waals surface area contributed by atoms with Gasteiger partial charge in [-0.25, -0.2) is 0 Å². The molecule has 3 heteroatoms. The molecule has 0 saturated carbocycles. The van der Waals surface area contributed by atoms with E-state index in [1.165, 1.54) is 22.0 Å². The Morgan fingerprint density at radius 1 is 1.06 bits per heavy atom. The third-order valence-electron chi connectivity index (χ3n) is 3.19. The summed E-state index contributed by atoms with van der Waals surface area (Å²) < 4.78 is 2.24. The first-order valence-corrected chi connectivity index (χ1v) is 6.04. The van der Waals surface area contributed by atoms with Crippen molar-refractivity contribution < 1.29 is 0 Å². The Morgan fingerprint density at radius 2 is 1.83 bits per heavy atom. The van der Waals surface area contributed by atoms with Crippen LogP contribution < -0.4 is 5.73 Å². The molecule has 2 N–H and O–H groups in total. The molecular weight excluding hydrogens is 222 g/mol. The maximum absolute atomic E-state index is 5.80. The summed E-state index contributed by atoms with van der Waals surface area (Å²) in [5.74, 6) is 0. The highest BCUT2D eigenvalue weighted by atomic mass is 15.0. The highest BCUT2D eigenvalue weighted by Gasteiger charge is 2.06. The molecule has 1 aromatic carbocycles. The van der Waals surface area contributed by atoms with Crippen LogP contribution in [-0.4, -0.2) is 9.55 Å². The Hall–Kier alpha value is -2.13. The van der Waals surface area contributed by atoms with Gasteiger partial charge in [-0.05, 0) is 29.3 Å². The molecule has 2 aromatic heterocycles. The molecule has 0 radical (unpaired) electrons. The van der Waals surface area contributed by atoms with Crippen molar-refractivity contribution in [1.82, 2.24) is 9.55 Å². The Bertz CT molecular complexity index is 656. The average molecular weight is 237 g/mol. The van der Waals surface area contributed by atoms with Gasteiger partial charge in [-0.3, -0.25) is 4.98 Å². The molecule has 0 aliphatic heterocycles. The van der Waals surface area contributed by atoms with Crippen molar-refractivity contribution >= 4 is 10.9 Å². The molecule has 90 valence electrons. The molecule has 0 unspecified atom stereocenters. The maximum Gasteiger partial charge on any atom is 0.0486 e. The van der Waals surface area contributed by atoms with Crippen LogP contribution in [0.2, 0.25) is 0 Å². The normalized spacial score (nSPS) is 10.9. The van der Waals surface area contributed by atoms with Gasteiger partial charge in [0.15, 0.2) is 0 Å². The lowest BCUT2D eigenvalue weighted by Gasteiger charge is -2.04. The average Bonchev–Trinajstić information content (AvgIpc) is 2.78. The fraction of sp³-hybridized carbons (Fsp3) is 0.133. The molecule has 0 fully saturated rings. The zero-order chi connectivity index (χ0) is 12.4. The first-order chi connectivity index (χ1) is 8.88. The molecule has 3 nitrogen and oxygen atoms in total. The third-order valence-corrected chi connectivity index (χ3v) is 3.19. The van der Waals surface area contributed by atoms with E-state index < -0.39 is 0 Å². The van der Waals surface area contributed by atoms with E-state index in [9.17, 15) is 0 Å². The van der Waals surface area contributed by atoms with E-state index in [1.54, 1.807) is 0 Å². The molecule has 3 rings (SSSR count). The van der Waals surface area contributed by atoms with Crippen LogP contribution in [0.1, 0.15) is 11.1 Å². The van der Waals surface area contributed by atoms with Crippen molar-refractivity contribution in [2.24, 2.45) is 5.73 Å². The minimum Gasteiger partial charge on any atom is -0.343 e. The largest absolute Gasteiger partial charge is 0.343 e. The van der Waals surface area contributed by atoms with E-state index >= 15 is 0 Å². The predicted molar refractivity (Wildman–Crippen MR) is 73.2 cm³/mol. The number of benzene rings is 1. The maximum atomic E-state index is 5.80. The summed E-state index contributed by atoms with van der Waals surface area (Å²) in [7, 11) is 0. The summed E-state index contributed by atoms with van der Waals surface area (Å²) in [6.07, 6.45) is 5.79. The van der Waals surface area contributed by atoms with Crippen molar-refractivity contribution in [3.63, 3.8) is 0 Å². The number of rotatable bonds is 3. The third kappa shape index (κ3) is 1.89. The van der Waals surface area contributed by atoms with Gasteiger partial charge in [-0.15, -0.1) is 0 Å². The Kier molecular flexibility index (Phi) is 2.82. The number of aromatic nitrogens is 2. The topological polar surface area (TPSA) is 43.8 Å². The number of pyridine rings is 1. The lowest BCUT2D eigenvalue weighted by molar-refractivity contribution is 0.827. The fourth-order valence-corrected chi connectivity index (χ4v) is 2.30. The first kappa shape index (κ1) is 11.0. The van der Waals surface area contributed by atoms with Crippen LogP contribution in [0.5, 0.6) is 0 Å². The number of nitrogens with zero attached hydrogens (tertiary/aromatic N) is 2. The molecule has 0 aliphatic rings. The first-order valence-electron chi connectivity index (χ1n) is 6.04. The van der Waals surface area contributed by atoms with Gasteiger partial charge in [0.25, 0.3) is 0 Å². The van der Waals surface area contributed by atoms with Crippen LogP contribution in [0.4, 0.5) is 0 Å². The number of hydrogen-bond acceptors (Lipinski definition) is 2. The standard InChI is InChI=1S/C15H15N3/c16-9-13-11-18(10-12-5-7-17-8-6-12)15-4-2-1-3-14(13)15/h1-8,11H,9-10,16H2. The quantitative estimate of drug-likeness (QED) is 0.760. The Balaban J connectivity index is 2.07. The van der Waals surface area contributed by atoms with Crippen LogP contribution >= 0.6 is 0 Å². The zero-order valence-corrected chi connectivity index (χ0v) is 10.1. The summed E-state index contributed by atoms with van der Waals surface area (Å²) >= 11 is 0. The van der Waals surface area contributed by atoms with Crippen LogP contribution in [0.25, 0.3) is 10.9 Å². The fourth-order valence-electron chi connectivity index (χ4n) is 2.30. The molecule has 3 aromatic rings. The van der Waals surface area contributed by atoms with Gasteiger partial charge in [0.1, 0.15) is 0 Å². The van der Waals surface area contributed by atoms with Crippen molar-refractivity contribution in [3.8, 4) is 0 Å². The van der Waals surface area contributed by atoms with E-state index in [1.807, 2.05) is 24.5 Å². The molecule has 0 spiro atoms. The van der Waals surface area contributed by atoms with Crippen molar-refractivity contribution in [2.45, 2.75) is 13.1 Å². The highest BCUT2D eigenvalue weighted by molar-refractivity contribution is 5.84. The van der Waals surface area contributed by atoms with Crippen molar-refractivity contribution in [1.29, 1.82) is 0 Å². The molecular formula is C15H15N3. The van der Waals surface area contributed by atoms with Gasteiger partial charge in [-0.2, -0.15) is 0 Å². The van der Waals surface area contributed by atoms with Crippen LogP contribution in [0.15, 0.2) is 55.0 Å². The van der Waals surface area contributed by atoms with Gasteiger partial charge in [0.05, 0.1) is 0 Å². The molecule has 0 aliphatic carbocycles. The minimum absolute atomic E-state index is 0.573. The van der Waals surface area contributed by atoms with E-state index in [0.717, 1.165) is 6.54 Å². The van der Waals surface area contributed by atoms with Gasteiger partial charge < -0.3 is 10.3 Å². The number of para-hydroxylation sites is 1. The molecule has 0 bridgehead atoms. The highest BCUT2D eigenvalue weighted by Crippen LogP contribution is 2.21. The summed E-state index contributed by atoms with van der Waals surface area (Å²) in [6, 6.07) is 12.5. The van der Waals surface area contributed by atoms with Crippen LogP contribution in [0, 0.1) is 0 Å². The second-order valence-corrected chi connectivity index (χ2v) is 4.36. The monoisotopic (exact) mass is 237 g/mol. The lowest BCUT2D eigenvalue weighted by atomic mass is 10.2. The Morgan fingerprint density at radius 3 is 2.61 bits per heavy atom. The second kappa shape index (κ2) is 4.63. The molecule has 0 saturated heterocycles. The van der Waals surface area contributed by atoms with Gasteiger partial charge in [0.2, 0.25) is 0 Å². The summed E-state index contributed by atoms with van der Waals surface area (Å²) in [4.78, 5) is 4.04. The molecule has 0 amide bonds. The summed E-state index contributed by atoms with van der Waals surface area (Å²) in [6.45, 7) is 1.42. The van der Waals surface area contributed by atoms with Gasteiger partial charge in [-0.1, -0.05) is 18.2 Å². The van der Waals surface area contributed by atoms with Crippen LogP contribution in [-0.2, 0) is 13.1 Å².